The molecule has 392 valence electrons. The maximum atomic E-state index is 12.6. The Morgan fingerprint density at radius 1 is 0.562 bits per heavy atom. The van der Waals surface area contributed by atoms with Crippen LogP contribution in [0.5, 0.6) is 11.5 Å². The summed E-state index contributed by atoms with van der Waals surface area (Å²) in [4.78, 5) is 57.8. The smallest absolute Gasteiger partial charge is 0.354 e. The van der Waals surface area contributed by atoms with Crippen molar-refractivity contribution in [3.8, 4) is 33.8 Å². The van der Waals surface area contributed by atoms with Gasteiger partial charge in [0, 0.05) is 66.6 Å². The van der Waals surface area contributed by atoms with Gasteiger partial charge in [0.1, 0.15) is 42.4 Å². The molecule has 18 heteroatoms. The Morgan fingerprint density at radius 3 is 1.56 bits per heavy atom. The van der Waals surface area contributed by atoms with Gasteiger partial charge >= 0.3 is 5.97 Å². The van der Waals surface area contributed by atoms with E-state index in [1.165, 1.54) is 0 Å². The average Bonchev–Trinajstić information content (AvgIpc) is 3.38. The van der Waals surface area contributed by atoms with E-state index in [9.17, 15) is 19.5 Å². The van der Waals surface area contributed by atoms with Crippen molar-refractivity contribution >= 4 is 18.5 Å². The number of methoxy groups -OCH3 is 2. The summed E-state index contributed by atoms with van der Waals surface area (Å²) in [6, 6.07) is 24.9. The highest BCUT2D eigenvalue weighted by Gasteiger charge is 2.20. The van der Waals surface area contributed by atoms with Crippen molar-refractivity contribution in [2.45, 2.75) is 40.0 Å². The summed E-state index contributed by atoms with van der Waals surface area (Å²) in [5.41, 5.74) is 8.51. The van der Waals surface area contributed by atoms with Crippen LogP contribution in [0.1, 0.15) is 54.9 Å². The molecule has 0 saturated heterocycles. The third-order valence-corrected chi connectivity index (χ3v) is 11.9. The van der Waals surface area contributed by atoms with Crippen molar-refractivity contribution in [2.75, 3.05) is 126 Å². The fourth-order valence-electron chi connectivity index (χ4n) is 8.32. The molecule has 4 heterocycles. The molecule has 1 N–H and O–H groups in total. The standard InChI is InChI=1S/C55H70N6O12/c1-41-30-50(72-28-26-70-24-22-68-20-18-66-3)8-10-52(41)43-32-47(57-49(34-43)40-63)38-59-12-13-60(16-17-62)36-45-6-5-7-46(56-45)37-61(15-14-59)39-48-33-44(35-54(58-48)55(64)65)53-11-9-51(31-42(53)2)73-29-27-71-25-23-69-21-19-67-4/h5-11,17,30-35,40H,12-16,18-29,36-39H2,1-4H3,(H,64,65). The highest BCUT2D eigenvalue weighted by Crippen LogP contribution is 2.30. The molecule has 0 atom stereocenters. The number of aryl methyl sites for hydroxylation is 2. The number of aromatic carboxylic acids is 1. The zero-order chi connectivity index (χ0) is 51.6. The molecule has 0 saturated carbocycles. The predicted molar refractivity (Wildman–Crippen MR) is 274 cm³/mol. The fourth-order valence-corrected chi connectivity index (χ4v) is 8.32. The van der Waals surface area contributed by atoms with Crippen molar-refractivity contribution in [1.29, 1.82) is 0 Å². The van der Waals surface area contributed by atoms with Crippen molar-refractivity contribution < 1.29 is 57.4 Å². The molecule has 1 aliphatic heterocycles. The van der Waals surface area contributed by atoms with Crippen LogP contribution < -0.4 is 9.47 Å². The molecule has 1 aliphatic rings. The minimum Gasteiger partial charge on any atom is -0.491 e. The molecule has 0 unspecified atom stereocenters. The summed E-state index contributed by atoms with van der Waals surface area (Å²) >= 11 is 0. The summed E-state index contributed by atoms with van der Waals surface area (Å²) in [6.07, 6.45) is 1.68. The van der Waals surface area contributed by atoms with Crippen LogP contribution in [0.25, 0.3) is 22.3 Å². The van der Waals surface area contributed by atoms with Crippen molar-refractivity contribution in [2.24, 2.45) is 0 Å². The van der Waals surface area contributed by atoms with Crippen LogP contribution in [0.15, 0.2) is 78.9 Å². The Kier molecular flexibility index (Phi) is 23.8. The van der Waals surface area contributed by atoms with E-state index in [1.54, 1.807) is 26.4 Å². The first-order valence-electron chi connectivity index (χ1n) is 24.7. The van der Waals surface area contributed by atoms with Crippen LogP contribution in [0, 0.1) is 13.8 Å². The van der Waals surface area contributed by atoms with Gasteiger partial charge in [0.25, 0.3) is 0 Å². The maximum Gasteiger partial charge on any atom is 0.354 e. The summed E-state index contributed by atoms with van der Waals surface area (Å²) < 4.78 is 44.0. The molecular weight excluding hydrogens is 937 g/mol. The number of carbonyl (C=O) groups is 3. The second-order valence-electron chi connectivity index (χ2n) is 17.5. The number of aromatic nitrogens is 3. The van der Waals surface area contributed by atoms with Crippen LogP contribution in [0.3, 0.4) is 0 Å². The largest absolute Gasteiger partial charge is 0.491 e. The lowest BCUT2D eigenvalue weighted by Gasteiger charge is -2.30. The average molecular weight is 1010 g/mol. The number of ether oxygens (including phenoxy) is 8. The van der Waals surface area contributed by atoms with E-state index in [4.69, 9.17) is 47.9 Å². The monoisotopic (exact) mass is 1010 g/mol. The predicted octanol–water partition coefficient (Wildman–Crippen LogP) is 5.97. The Bertz CT molecular complexity index is 2510. The quantitative estimate of drug-likeness (QED) is 0.0417. The van der Waals surface area contributed by atoms with E-state index in [0.717, 1.165) is 63.0 Å². The van der Waals surface area contributed by atoms with E-state index in [-0.39, 0.29) is 12.2 Å². The molecule has 0 radical (unpaired) electrons. The molecule has 3 aromatic heterocycles. The SMILES string of the molecule is COCCOCCOCCOc1ccc(-c2cc(C=O)nc(CN3CCN(CC=O)Cc4cccc(n4)CN(Cc4cc(-c5ccc(OCCOCCOCCOC)cc5C)cc(C(=O)O)n4)CC3)c2)c(C)c1. The Balaban J connectivity index is 1.17. The molecule has 0 amide bonds. The summed E-state index contributed by atoms with van der Waals surface area (Å²) in [6.45, 7) is 13.8. The normalized spacial score (nSPS) is 13.8. The number of nitrogens with zero attached hydrogens (tertiary/aromatic N) is 6. The molecule has 2 bridgehead atoms. The minimum absolute atomic E-state index is 0.0580. The molecule has 18 nitrogen and oxygen atoms in total. The second kappa shape index (κ2) is 30.9. The van der Waals surface area contributed by atoms with Gasteiger partial charge in [-0.05, 0) is 108 Å². The second-order valence-corrected chi connectivity index (χ2v) is 17.5. The number of pyridine rings is 3. The van der Waals surface area contributed by atoms with E-state index < -0.39 is 5.97 Å². The molecule has 0 fully saturated rings. The van der Waals surface area contributed by atoms with Gasteiger partial charge < -0.3 is 47.8 Å². The first-order valence-corrected chi connectivity index (χ1v) is 24.7. The minimum atomic E-state index is -1.12. The molecule has 73 heavy (non-hydrogen) atoms. The third kappa shape index (κ3) is 19.1. The Hall–Kier alpha value is -6.06. The number of rotatable bonds is 30. The van der Waals surface area contributed by atoms with Crippen LogP contribution in [-0.2, 0) is 59.4 Å². The highest BCUT2D eigenvalue weighted by molar-refractivity contribution is 5.87. The Labute approximate surface area is 428 Å². The van der Waals surface area contributed by atoms with Crippen LogP contribution in [0.2, 0.25) is 0 Å². The maximum absolute atomic E-state index is 12.6. The van der Waals surface area contributed by atoms with Gasteiger partial charge in [0.15, 0.2) is 6.29 Å². The van der Waals surface area contributed by atoms with E-state index in [1.807, 2.05) is 80.6 Å². The first-order chi connectivity index (χ1) is 35.6. The van der Waals surface area contributed by atoms with Gasteiger partial charge in [-0.2, -0.15) is 0 Å². The number of benzene rings is 2. The van der Waals surface area contributed by atoms with E-state index in [0.29, 0.717) is 155 Å². The molecule has 0 aliphatic carbocycles. The number of fused-ring (bicyclic) bond motifs is 2. The van der Waals surface area contributed by atoms with Gasteiger partial charge in [0.05, 0.1) is 95.4 Å². The van der Waals surface area contributed by atoms with Crippen molar-refractivity contribution in [3.63, 3.8) is 0 Å². The lowest BCUT2D eigenvalue weighted by atomic mass is 9.99. The van der Waals surface area contributed by atoms with Gasteiger partial charge in [0.2, 0.25) is 0 Å². The lowest BCUT2D eigenvalue weighted by Crippen LogP contribution is -2.40. The van der Waals surface area contributed by atoms with Gasteiger partial charge in [-0.1, -0.05) is 18.2 Å². The Morgan fingerprint density at radius 2 is 1.04 bits per heavy atom. The van der Waals surface area contributed by atoms with Crippen molar-refractivity contribution in [3.05, 3.63) is 124 Å². The first kappa shape index (κ1) is 56.2. The van der Waals surface area contributed by atoms with E-state index >= 15 is 0 Å². The summed E-state index contributed by atoms with van der Waals surface area (Å²) in [5, 5.41) is 10.3. The van der Waals surface area contributed by atoms with Gasteiger partial charge in [-0.15, -0.1) is 0 Å². The van der Waals surface area contributed by atoms with Gasteiger partial charge in [-0.3, -0.25) is 24.5 Å². The summed E-state index contributed by atoms with van der Waals surface area (Å²) in [7, 11) is 3.27. The molecule has 2 aromatic carbocycles. The zero-order valence-electron chi connectivity index (χ0n) is 42.6. The highest BCUT2D eigenvalue weighted by atomic mass is 16.6. The number of hydrogen-bond acceptors (Lipinski definition) is 17. The number of hydrogen-bond donors (Lipinski definition) is 1. The topological polar surface area (TPSA) is 194 Å². The van der Waals surface area contributed by atoms with E-state index in [2.05, 4.69) is 19.7 Å². The number of aldehydes is 2. The number of carbonyl (C=O) groups excluding carboxylic acids is 2. The zero-order valence-corrected chi connectivity index (χ0v) is 42.6. The van der Waals surface area contributed by atoms with Crippen LogP contribution in [0.4, 0.5) is 0 Å². The van der Waals surface area contributed by atoms with Gasteiger partial charge in [-0.25, -0.2) is 14.8 Å². The molecule has 6 rings (SSSR count). The third-order valence-electron chi connectivity index (χ3n) is 11.9. The fraction of sp³-hybridized carbons (Fsp3) is 0.455. The summed E-state index contributed by atoms with van der Waals surface area (Å²) in [5.74, 6) is 0.262. The van der Waals surface area contributed by atoms with Crippen LogP contribution in [-0.4, -0.2) is 180 Å². The lowest BCUT2D eigenvalue weighted by molar-refractivity contribution is -0.109. The number of carboxylic acids is 1. The molecule has 0 spiro atoms. The molecular formula is C55H70N6O12. The number of carboxylic acid groups (broad SMARTS) is 1. The van der Waals surface area contributed by atoms with Crippen LogP contribution >= 0.6 is 0 Å². The molecule has 5 aromatic rings. The van der Waals surface area contributed by atoms with Crippen molar-refractivity contribution in [1.82, 2.24) is 29.7 Å².